The summed E-state index contributed by atoms with van der Waals surface area (Å²) in [6, 6.07) is 7.52. The van der Waals surface area contributed by atoms with Gasteiger partial charge in [0.2, 0.25) is 0 Å². The summed E-state index contributed by atoms with van der Waals surface area (Å²) in [6.07, 6.45) is 1.45. The second-order valence-corrected chi connectivity index (χ2v) is 3.98. The fraction of sp³-hybridized carbons (Fsp3) is 0.143. The van der Waals surface area contributed by atoms with Crippen LogP contribution in [0.25, 0.3) is 0 Å². The number of carbonyl (C=O) groups is 1. The maximum Gasteiger partial charge on any atom is 0.269 e. The smallest absolute Gasteiger partial charge is 0.269 e. The number of nitrogens with one attached hydrogen (secondary N) is 1. The number of ether oxygens (including phenoxy) is 1. The summed E-state index contributed by atoms with van der Waals surface area (Å²) >= 11 is 0. The molecule has 0 atom stereocenters. The molecule has 3 N–H and O–H groups in total. The van der Waals surface area contributed by atoms with E-state index in [9.17, 15) is 9.18 Å². The molecule has 104 valence electrons. The zero-order chi connectivity index (χ0) is 14.5. The summed E-state index contributed by atoms with van der Waals surface area (Å²) in [4.78, 5) is 15.4. The van der Waals surface area contributed by atoms with Crippen molar-refractivity contribution in [1.29, 1.82) is 0 Å². The number of aromatic nitrogens is 1. The lowest BCUT2D eigenvalue weighted by Gasteiger charge is -2.11. The van der Waals surface area contributed by atoms with E-state index < -0.39 is 5.82 Å². The van der Waals surface area contributed by atoms with Gasteiger partial charge in [-0.25, -0.2) is 4.39 Å². The van der Waals surface area contributed by atoms with Crippen LogP contribution in [0.3, 0.4) is 0 Å². The number of carbonyl (C=O) groups excluding carboxylic acids is 1. The molecule has 0 aliphatic rings. The standard InChI is InChI=1S/C14H14FN3O2/c1-17-14(19)12-7-9(5-6-18-12)20-13-4-2-3-11(15)10(13)8-16/h2-7H,8,16H2,1H3,(H,17,19). The van der Waals surface area contributed by atoms with Gasteiger partial charge in [-0.1, -0.05) is 6.07 Å². The van der Waals surface area contributed by atoms with Crippen molar-refractivity contribution >= 4 is 5.91 Å². The predicted octanol–water partition coefficient (Wildman–Crippen LogP) is 1.83. The molecule has 6 heteroatoms. The first-order valence-corrected chi connectivity index (χ1v) is 5.99. The van der Waals surface area contributed by atoms with Crippen LogP contribution in [0.5, 0.6) is 11.5 Å². The van der Waals surface area contributed by atoms with Gasteiger partial charge in [0, 0.05) is 31.4 Å². The molecule has 0 spiro atoms. The monoisotopic (exact) mass is 275 g/mol. The van der Waals surface area contributed by atoms with Crippen LogP contribution in [0, 0.1) is 5.82 Å². The van der Waals surface area contributed by atoms with Gasteiger partial charge >= 0.3 is 0 Å². The molecule has 2 rings (SSSR count). The van der Waals surface area contributed by atoms with Gasteiger partial charge in [0.25, 0.3) is 5.91 Å². The zero-order valence-electron chi connectivity index (χ0n) is 10.9. The van der Waals surface area contributed by atoms with Crippen molar-refractivity contribution in [2.75, 3.05) is 7.05 Å². The largest absolute Gasteiger partial charge is 0.457 e. The Morgan fingerprint density at radius 1 is 1.45 bits per heavy atom. The molecular formula is C14H14FN3O2. The van der Waals surface area contributed by atoms with Gasteiger partial charge < -0.3 is 15.8 Å². The molecule has 0 saturated heterocycles. The zero-order valence-corrected chi connectivity index (χ0v) is 10.9. The van der Waals surface area contributed by atoms with Gasteiger partial charge in [0.05, 0.1) is 0 Å². The number of rotatable bonds is 4. The summed E-state index contributed by atoms with van der Waals surface area (Å²) in [5, 5.41) is 2.47. The van der Waals surface area contributed by atoms with E-state index in [2.05, 4.69) is 10.3 Å². The summed E-state index contributed by atoms with van der Waals surface area (Å²) in [6.45, 7) is 0.0232. The third-order valence-corrected chi connectivity index (χ3v) is 2.70. The van der Waals surface area contributed by atoms with Crippen molar-refractivity contribution in [3.8, 4) is 11.5 Å². The summed E-state index contributed by atoms with van der Waals surface area (Å²) in [5.41, 5.74) is 6.01. The SMILES string of the molecule is CNC(=O)c1cc(Oc2cccc(F)c2CN)ccn1. The maximum absolute atomic E-state index is 13.6. The van der Waals surface area contributed by atoms with Gasteiger partial charge in [-0.3, -0.25) is 9.78 Å². The first-order chi connectivity index (χ1) is 9.65. The van der Waals surface area contributed by atoms with Crippen LogP contribution in [-0.4, -0.2) is 17.9 Å². The van der Waals surface area contributed by atoms with E-state index in [4.69, 9.17) is 10.5 Å². The lowest BCUT2D eigenvalue weighted by molar-refractivity contribution is 0.0958. The van der Waals surface area contributed by atoms with E-state index >= 15 is 0 Å². The quantitative estimate of drug-likeness (QED) is 0.892. The molecule has 1 aromatic heterocycles. The van der Waals surface area contributed by atoms with E-state index in [-0.39, 0.29) is 23.7 Å². The Labute approximate surface area is 115 Å². The highest BCUT2D eigenvalue weighted by atomic mass is 19.1. The van der Waals surface area contributed by atoms with Crippen molar-refractivity contribution in [2.24, 2.45) is 5.73 Å². The lowest BCUT2D eigenvalue weighted by Crippen LogP contribution is -2.19. The molecule has 2 aromatic rings. The first kappa shape index (κ1) is 14.0. The van der Waals surface area contributed by atoms with E-state index in [1.165, 1.54) is 31.4 Å². The fourth-order valence-corrected chi connectivity index (χ4v) is 1.69. The minimum atomic E-state index is -0.425. The van der Waals surface area contributed by atoms with Crippen molar-refractivity contribution in [1.82, 2.24) is 10.3 Å². The maximum atomic E-state index is 13.6. The Kier molecular flexibility index (Phi) is 4.27. The fourth-order valence-electron chi connectivity index (χ4n) is 1.69. The molecule has 0 fully saturated rings. The Morgan fingerprint density at radius 3 is 2.95 bits per heavy atom. The molecule has 0 unspecified atom stereocenters. The molecule has 5 nitrogen and oxygen atoms in total. The van der Waals surface area contributed by atoms with Crippen LogP contribution in [0.1, 0.15) is 16.1 Å². The highest BCUT2D eigenvalue weighted by Gasteiger charge is 2.11. The molecule has 20 heavy (non-hydrogen) atoms. The molecule has 1 aromatic carbocycles. The molecule has 1 amide bonds. The molecule has 0 saturated carbocycles. The Morgan fingerprint density at radius 2 is 2.25 bits per heavy atom. The van der Waals surface area contributed by atoms with Crippen molar-refractivity contribution in [3.05, 3.63) is 53.6 Å². The summed E-state index contributed by atoms with van der Waals surface area (Å²) in [7, 11) is 1.51. The molecule has 0 radical (unpaired) electrons. The van der Waals surface area contributed by atoms with E-state index in [0.29, 0.717) is 11.5 Å². The van der Waals surface area contributed by atoms with Gasteiger partial charge in [0.1, 0.15) is 23.0 Å². The van der Waals surface area contributed by atoms with Gasteiger partial charge in [0.15, 0.2) is 0 Å². The van der Waals surface area contributed by atoms with Crippen LogP contribution >= 0.6 is 0 Å². The average Bonchev–Trinajstić information content (AvgIpc) is 2.47. The molecule has 0 bridgehead atoms. The number of pyridine rings is 1. The lowest BCUT2D eigenvalue weighted by atomic mass is 10.2. The predicted molar refractivity (Wildman–Crippen MR) is 72.0 cm³/mol. The van der Waals surface area contributed by atoms with Crippen LogP contribution in [0.2, 0.25) is 0 Å². The van der Waals surface area contributed by atoms with Crippen LogP contribution in [0.4, 0.5) is 4.39 Å². The number of halogens is 1. The molecule has 0 aliphatic heterocycles. The summed E-state index contributed by atoms with van der Waals surface area (Å²) < 4.78 is 19.2. The minimum Gasteiger partial charge on any atom is -0.457 e. The highest BCUT2D eigenvalue weighted by Crippen LogP contribution is 2.26. The number of amides is 1. The number of hydrogen-bond acceptors (Lipinski definition) is 4. The third-order valence-electron chi connectivity index (χ3n) is 2.70. The van der Waals surface area contributed by atoms with Gasteiger partial charge in [-0.2, -0.15) is 0 Å². The van der Waals surface area contributed by atoms with Crippen molar-refractivity contribution in [3.63, 3.8) is 0 Å². The Balaban J connectivity index is 2.31. The molecule has 1 heterocycles. The second kappa shape index (κ2) is 6.12. The van der Waals surface area contributed by atoms with E-state index in [1.807, 2.05) is 0 Å². The highest BCUT2D eigenvalue weighted by molar-refractivity contribution is 5.92. The first-order valence-electron chi connectivity index (χ1n) is 5.99. The Hall–Kier alpha value is -2.47. The van der Waals surface area contributed by atoms with E-state index in [0.717, 1.165) is 0 Å². The van der Waals surface area contributed by atoms with Crippen molar-refractivity contribution in [2.45, 2.75) is 6.54 Å². The Bertz CT molecular complexity index is 632. The number of benzene rings is 1. The van der Waals surface area contributed by atoms with Gasteiger partial charge in [-0.15, -0.1) is 0 Å². The third kappa shape index (κ3) is 2.92. The van der Waals surface area contributed by atoms with E-state index in [1.54, 1.807) is 12.1 Å². The molecule has 0 aliphatic carbocycles. The van der Waals surface area contributed by atoms with Crippen LogP contribution in [-0.2, 0) is 6.54 Å². The number of nitrogens with two attached hydrogens (primary N) is 1. The number of hydrogen-bond donors (Lipinski definition) is 2. The number of nitrogens with zero attached hydrogens (tertiary/aromatic N) is 1. The van der Waals surface area contributed by atoms with Crippen LogP contribution in [0.15, 0.2) is 36.5 Å². The average molecular weight is 275 g/mol. The van der Waals surface area contributed by atoms with Gasteiger partial charge in [-0.05, 0) is 18.2 Å². The topological polar surface area (TPSA) is 77.2 Å². The minimum absolute atomic E-state index is 0.0232. The summed E-state index contributed by atoms with van der Waals surface area (Å²) in [5.74, 6) is -0.0419. The van der Waals surface area contributed by atoms with Crippen molar-refractivity contribution < 1.29 is 13.9 Å². The normalized spacial score (nSPS) is 10.2. The second-order valence-electron chi connectivity index (χ2n) is 3.98. The molecular weight excluding hydrogens is 261 g/mol. The van der Waals surface area contributed by atoms with Crippen LogP contribution < -0.4 is 15.8 Å².